The van der Waals surface area contributed by atoms with Crippen molar-refractivity contribution in [2.45, 2.75) is 82.3 Å². The largest absolute Gasteiger partial charge is 0.417 e. The lowest BCUT2D eigenvalue weighted by molar-refractivity contribution is -0.137. The minimum absolute atomic E-state index is 0.174. The van der Waals surface area contributed by atoms with Gasteiger partial charge in [0.05, 0.1) is 27.9 Å². The van der Waals surface area contributed by atoms with Crippen LogP contribution in [0.5, 0.6) is 0 Å². The van der Waals surface area contributed by atoms with Crippen molar-refractivity contribution in [1.82, 2.24) is 34.4 Å². The van der Waals surface area contributed by atoms with Gasteiger partial charge >= 0.3 is 6.18 Å². The first-order chi connectivity index (χ1) is 19.9. The Morgan fingerprint density at radius 3 is 2.67 bits per heavy atom. The molecule has 0 amide bonds. The van der Waals surface area contributed by atoms with Crippen LogP contribution in [-0.4, -0.2) is 81.5 Å². The van der Waals surface area contributed by atoms with Gasteiger partial charge in [0.25, 0.3) is 0 Å². The summed E-state index contributed by atoms with van der Waals surface area (Å²) in [7, 11) is 0. The molecule has 0 spiro atoms. The minimum atomic E-state index is -4.53. The van der Waals surface area contributed by atoms with Crippen LogP contribution >= 0.6 is 11.6 Å². The number of nitrogens with two attached hydrogens (primary N) is 1. The van der Waals surface area contributed by atoms with Crippen molar-refractivity contribution in [2.24, 2.45) is 5.92 Å². The highest BCUT2D eigenvalue weighted by molar-refractivity contribution is 6.32. The number of rotatable bonds is 8. The van der Waals surface area contributed by atoms with E-state index in [9.17, 15) is 23.4 Å². The number of alkyl halides is 3. The zero-order valence-corrected chi connectivity index (χ0v) is 23.7. The summed E-state index contributed by atoms with van der Waals surface area (Å²) in [6.07, 6.45) is -2.24. The molecule has 0 bridgehead atoms. The highest BCUT2D eigenvalue weighted by Crippen LogP contribution is 2.39. The van der Waals surface area contributed by atoms with Crippen LogP contribution in [0.2, 0.25) is 5.02 Å². The molecule has 1 aliphatic heterocycles. The van der Waals surface area contributed by atoms with E-state index >= 15 is 0 Å². The molecule has 226 valence electrons. The molecule has 2 fully saturated rings. The smallest absolute Gasteiger partial charge is 0.387 e. The van der Waals surface area contributed by atoms with E-state index < -0.39 is 36.3 Å². The van der Waals surface area contributed by atoms with E-state index in [1.165, 1.54) is 18.7 Å². The van der Waals surface area contributed by atoms with Gasteiger partial charge in [-0.05, 0) is 51.2 Å². The van der Waals surface area contributed by atoms with Crippen molar-refractivity contribution in [3.8, 4) is 0 Å². The van der Waals surface area contributed by atoms with Gasteiger partial charge in [-0.2, -0.15) is 13.2 Å². The van der Waals surface area contributed by atoms with E-state index in [1.807, 2.05) is 0 Å². The third kappa shape index (κ3) is 5.30. The molecule has 1 aliphatic carbocycles. The summed E-state index contributed by atoms with van der Waals surface area (Å²) in [5.74, 6) is 1.27. The predicted molar refractivity (Wildman–Crippen MR) is 148 cm³/mol. The molecule has 3 aromatic heterocycles. The monoisotopic (exact) mass is 608 g/mol. The molecule has 15 heteroatoms. The topological polar surface area (TPSA) is 151 Å². The number of H-pyrrole nitrogens is 1. The lowest BCUT2D eigenvalue weighted by Crippen LogP contribution is -2.52. The van der Waals surface area contributed by atoms with Crippen molar-refractivity contribution >= 4 is 39.6 Å². The fourth-order valence-electron chi connectivity index (χ4n) is 6.12. The number of ether oxygens (including phenoxy) is 1. The van der Waals surface area contributed by atoms with Crippen molar-refractivity contribution < 1.29 is 28.1 Å². The summed E-state index contributed by atoms with van der Waals surface area (Å²) in [6.45, 7) is 4.60. The molecule has 11 nitrogen and oxygen atoms in total. The molecule has 0 unspecified atom stereocenters. The Kier molecular flexibility index (Phi) is 7.54. The Bertz CT molecular complexity index is 1590. The number of aromatic nitrogens is 6. The molecule has 4 aromatic rings. The standard InChI is InChI=1S/C27H32ClF3N8O3/c1-12(2)38(9-19-22(40)23(41)26(42-19)39-11-35-21-24(32)33-10-34-25(21)39)14-5-13(6-14)3-4-20-36-17-7-15(27(29,30)31)16(28)8-18(17)37-20/h7-8,10-14,19,22-23,26,40-41H,3-6,9H2,1-2H3,(H,36,37)(H2,32,33,34)/t13?,14?,19-,22-,23-,26-/m1/s1. The number of aromatic amines is 1. The Hall–Kier alpha value is -3.04. The van der Waals surface area contributed by atoms with Gasteiger partial charge < -0.3 is 25.7 Å². The molecule has 0 radical (unpaired) electrons. The van der Waals surface area contributed by atoms with Crippen LogP contribution in [0.4, 0.5) is 19.0 Å². The molecule has 4 atom stereocenters. The summed E-state index contributed by atoms with van der Waals surface area (Å²) in [5, 5.41) is 21.4. The maximum atomic E-state index is 13.2. The normalized spacial score (nSPS) is 26.6. The maximum absolute atomic E-state index is 13.2. The number of imidazole rings is 2. The van der Waals surface area contributed by atoms with Crippen molar-refractivity contribution in [1.29, 1.82) is 0 Å². The number of anilines is 1. The Morgan fingerprint density at radius 2 is 1.95 bits per heavy atom. The Balaban J connectivity index is 1.06. The summed E-state index contributed by atoms with van der Waals surface area (Å²) in [5.41, 5.74) is 6.54. The van der Waals surface area contributed by atoms with E-state index in [0.29, 0.717) is 46.9 Å². The van der Waals surface area contributed by atoms with Crippen molar-refractivity contribution in [2.75, 3.05) is 12.3 Å². The SMILES string of the molecule is CC(C)N(C[C@H]1O[C@@H](n2cnc3c(N)ncnc32)[C@H](O)[C@@H]1O)C1CC(CCc2nc3cc(Cl)c(C(F)(F)F)cc3[nH]2)C1. The predicted octanol–water partition coefficient (Wildman–Crippen LogP) is 3.70. The molecule has 2 aliphatic rings. The van der Waals surface area contributed by atoms with Gasteiger partial charge in [-0.3, -0.25) is 9.47 Å². The average Bonchev–Trinajstić information content (AvgIpc) is 3.58. The Labute approximate surface area is 243 Å². The van der Waals surface area contributed by atoms with Gasteiger partial charge in [0.15, 0.2) is 17.7 Å². The van der Waals surface area contributed by atoms with E-state index in [0.717, 1.165) is 25.3 Å². The molecular weight excluding hydrogens is 577 g/mol. The number of benzene rings is 1. The number of fused-ring (bicyclic) bond motifs is 2. The van der Waals surface area contributed by atoms with Gasteiger partial charge in [-0.1, -0.05) is 11.6 Å². The molecule has 42 heavy (non-hydrogen) atoms. The third-order valence-corrected chi connectivity index (χ3v) is 8.76. The van der Waals surface area contributed by atoms with Gasteiger partial charge in [-0.15, -0.1) is 0 Å². The summed E-state index contributed by atoms with van der Waals surface area (Å²) < 4.78 is 47.3. The van der Waals surface area contributed by atoms with Crippen LogP contribution in [0.25, 0.3) is 22.2 Å². The van der Waals surface area contributed by atoms with E-state index in [4.69, 9.17) is 22.1 Å². The van der Waals surface area contributed by atoms with Gasteiger partial charge in [0.1, 0.15) is 36.0 Å². The third-order valence-electron chi connectivity index (χ3n) is 8.45. The van der Waals surface area contributed by atoms with Crippen LogP contribution < -0.4 is 5.73 Å². The second-order valence-electron chi connectivity index (χ2n) is 11.5. The number of nitrogens with one attached hydrogen (secondary N) is 1. The van der Waals surface area contributed by atoms with E-state index in [-0.39, 0.29) is 22.9 Å². The fraction of sp³-hybridized carbons (Fsp3) is 0.556. The average molecular weight is 609 g/mol. The van der Waals surface area contributed by atoms with Crippen molar-refractivity contribution in [3.63, 3.8) is 0 Å². The van der Waals surface area contributed by atoms with E-state index in [1.54, 1.807) is 4.57 Å². The van der Waals surface area contributed by atoms with Gasteiger partial charge in [-0.25, -0.2) is 19.9 Å². The number of hydrogen-bond acceptors (Lipinski definition) is 9. The number of hydrogen-bond donors (Lipinski definition) is 4. The Morgan fingerprint density at radius 1 is 1.19 bits per heavy atom. The number of nitrogen functional groups attached to an aromatic ring is 1. The first-order valence-electron chi connectivity index (χ1n) is 13.9. The van der Waals surface area contributed by atoms with Crippen LogP contribution in [0.1, 0.15) is 50.7 Å². The fourth-order valence-corrected chi connectivity index (χ4v) is 6.39. The molecule has 4 heterocycles. The molecule has 1 aromatic carbocycles. The second kappa shape index (κ2) is 10.9. The quantitative estimate of drug-likeness (QED) is 0.235. The minimum Gasteiger partial charge on any atom is -0.387 e. The summed E-state index contributed by atoms with van der Waals surface area (Å²) in [6, 6.07) is 2.70. The number of aliphatic hydroxyl groups excluding tert-OH is 2. The lowest BCUT2D eigenvalue weighted by atomic mass is 9.76. The molecule has 5 N–H and O–H groups in total. The number of halogens is 4. The molecule has 6 rings (SSSR count). The number of aryl methyl sites for hydroxylation is 1. The zero-order valence-electron chi connectivity index (χ0n) is 23.0. The first kappa shape index (κ1) is 29.1. The molecule has 1 saturated heterocycles. The van der Waals surface area contributed by atoms with Crippen LogP contribution in [-0.2, 0) is 17.3 Å². The summed E-state index contributed by atoms with van der Waals surface area (Å²) >= 11 is 5.84. The maximum Gasteiger partial charge on any atom is 0.417 e. The zero-order chi connectivity index (χ0) is 29.9. The molecular formula is C27H32ClF3N8O3. The number of nitrogens with zero attached hydrogens (tertiary/aromatic N) is 6. The first-order valence-corrected chi connectivity index (χ1v) is 14.2. The van der Waals surface area contributed by atoms with Gasteiger partial charge in [0.2, 0.25) is 0 Å². The number of aliphatic hydroxyl groups is 2. The highest BCUT2D eigenvalue weighted by Gasteiger charge is 2.46. The van der Waals surface area contributed by atoms with Crippen LogP contribution in [0.15, 0.2) is 24.8 Å². The summed E-state index contributed by atoms with van der Waals surface area (Å²) in [4.78, 5) is 22.1. The molecule has 1 saturated carbocycles. The van der Waals surface area contributed by atoms with Crippen LogP contribution in [0.3, 0.4) is 0 Å². The second-order valence-corrected chi connectivity index (χ2v) is 11.9. The van der Waals surface area contributed by atoms with Crippen molar-refractivity contribution in [3.05, 3.63) is 41.2 Å². The van der Waals surface area contributed by atoms with Gasteiger partial charge in [0, 0.05) is 25.0 Å². The highest BCUT2D eigenvalue weighted by atomic mass is 35.5. The van der Waals surface area contributed by atoms with E-state index in [2.05, 4.69) is 43.7 Å². The lowest BCUT2D eigenvalue weighted by Gasteiger charge is -2.46. The van der Waals surface area contributed by atoms with Crippen LogP contribution in [0, 0.1) is 5.92 Å².